The lowest BCUT2D eigenvalue weighted by Crippen LogP contribution is -2.41. The molecule has 0 bridgehead atoms. The minimum absolute atomic E-state index is 0.114. The first-order valence-corrected chi connectivity index (χ1v) is 8.73. The van der Waals surface area contributed by atoms with Gasteiger partial charge >= 0.3 is 0 Å². The third kappa shape index (κ3) is 4.32. The highest BCUT2D eigenvalue weighted by Crippen LogP contribution is 2.20. The molecule has 0 saturated carbocycles. The maximum atomic E-state index is 12.8. The Morgan fingerprint density at radius 2 is 2.04 bits per heavy atom. The second-order valence-corrected chi connectivity index (χ2v) is 6.27. The minimum Gasteiger partial charge on any atom is -0.378 e. The van der Waals surface area contributed by atoms with Gasteiger partial charge in [-0.05, 0) is 46.1 Å². The molecule has 2 heterocycles. The van der Waals surface area contributed by atoms with Crippen LogP contribution in [0.4, 0.5) is 0 Å². The standard InChI is InChI=1S/C17H30N4O2/c1-4-9-21-14(3)16(13(2)19-21)17(22)20-10-6-15(7-11-20)23-12-5-8-18/h15H,4-12,18H2,1-3H3. The topological polar surface area (TPSA) is 73.4 Å². The minimum atomic E-state index is 0.114. The fourth-order valence-electron chi connectivity index (χ4n) is 3.15. The van der Waals surface area contributed by atoms with E-state index in [0.717, 1.165) is 68.9 Å². The van der Waals surface area contributed by atoms with Crippen LogP contribution in [-0.4, -0.2) is 52.9 Å². The SMILES string of the molecule is CCCn1nc(C)c(C(=O)N2CCC(OCCCN)CC2)c1C. The van der Waals surface area contributed by atoms with Crippen molar-refractivity contribution in [3.8, 4) is 0 Å². The number of piperidine rings is 1. The summed E-state index contributed by atoms with van der Waals surface area (Å²) in [7, 11) is 0. The molecule has 1 aromatic rings. The normalized spacial score (nSPS) is 16.1. The molecule has 0 spiro atoms. The Hall–Kier alpha value is -1.40. The smallest absolute Gasteiger partial charge is 0.257 e. The maximum Gasteiger partial charge on any atom is 0.257 e. The predicted molar refractivity (Wildman–Crippen MR) is 90.5 cm³/mol. The molecule has 1 aliphatic rings. The lowest BCUT2D eigenvalue weighted by molar-refractivity contribution is 0.00841. The van der Waals surface area contributed by atoms with E-state index in [2.05, 4.69) is 12.0 Å². The van der Waals surface area contributed by atoms with Crippen molar-refractivity contribution < 1.29 is 9.53 Å². The summed E-state index contributed by atoms with van der Waals surface area (Å²) in [4.78, 5) is 14.8. The number of likely N-dealkylation sites (tertiary alicyclic amines) is 1. The Labute approximate surface area is 139 Å². The fourth-order valence-corrected chi connectivity index (χ4v) is 3.15. The number of carbonyl (C=O) groups excluding carboxylic acids is 1. The van der Waals surface area contributed by atoms with Gasteiger partial charge in [-0.3, -0.25) is 9.48 Å². The summed E-state index contributed by atoms with van der Waals surface area (Å²) in [6.45, 7) is 9.79. The molecule has 0 aliphatic carbocycles. The number of nitrogens with zero attached hydrogens (tertiary/aromatic N) is 3. The Morgan fingerprint density at radius 3 is 2.65 bits per heavy atom. The van der Waals surface area contributed by atoms with Crippen molar-refractivity contribution in [2.75, 3.05) is 26.2 Å². The molecule has 0 aromatic carbocycles. The van der Waals surface area contributed by atoms with Crippen molar-refractivity contribution >= 4 is 5.91 Å². The number of amides is 1. The molecule has 0 atom stereocenters. The van der Waals surface area contributed by atoms with Crippen LogP contribution in [0, 0.1) is 13.8 Å². The van der Waals surface area contributed by atoms with Crippen LogP contribution < -0.4 is 5.73 Å². The van der Waals surface area contributed by atoms with Gasteiger partial charge < -0.3 is 15.4 Å². The van der Waals surface area contributed by atoms with Crippen LogP contribution >= 0.6 is 0 Å². The van der Waals surface area contributed by atoms with Crippen molar-refractivity contribution in [3.05, 3.63) is 17.0 Å². The number of aryl methyl sites for hydroxylation is 2. The second kappa shape index (κ2) is 8.45. The lowest BCUT2D eigenvalue weighted by Gasteiger charge is -2.32. The summed E-state index contributed by atoms with van der Waals surface area (Å²) in [5, 5.41) is 4.51. The molecule has 1 fully saturated rings. The summed E-state index contributed by atoms with van der Waals surface area (Å²) in [5.74, 6) is 0.114. The summed E-state index contributed by atoms with van der Waals surface area (Å²) in [5.41, 5.74) is 8.08. The van der Waals surface area contributed by atoms with Crippen LogP contribution in [0.2, 0.25) is 0 Å². The molecule has 1 amide bonds. The number of hydrogen-bond acceptors (Lipinski definition) is 4. The highest BCUT2D eigenvalue weighted by atomic mass is 16.5. The zero-order chi connectivity index (χ0) is 16.8. The van der Waals surface area contributed by atoms with Crippen molar-refractivity contribution in [2.24, 2.45) is 5.73 Å². The van der Waals surface area contributed by atoms with Crippen LogP contribution in [0.1, 0.15) is 54.4 Å². The van der Waals surface area contributed by atoms with Crippen LogP contribution in [0.3, 0.4) is 0 Å². The fraction of sp³-hybridized carbons (Fsp3) is 0.765. The zero-order valence-corrected chi connectivity index (χ0v) is 14.7. The summed E-state index contributed by atoms with van der Waals surface area (Å²) < 4.78 is 7.76. The van der Waals surface area contributed by atoms with Crippen molar-refractivity contribution in [3.63, 3.8) is 0 Å². The first kappa shape index (κ1) is 17.9. The monoisotopic (exact) mass is 322 g/mol. The number of ether oxygens (including phenoxy) is 1. The van der Waals surface area contributed by atoms with Crippen LogP contribution in [0.15, 0.2) is 0 Å². The molecule has 2 N–H and O–H groups in total. The van der Waals surface area contributed by atoms with Gasteiger partial charge in [0.25, 0.3) is 5.91 Å². The molecule has 0 radical (unpaired) electrons. The van der Waals surface area contributed by atoms with Gasteiger partial charge in [-0.25, -0.2) is 0 Å². The van der Waals surface area contributed by atoms with E-state index in [0.29, 0.717) is 6.54 Å². The lowest BCUT2D eigenvalue weighted by atomic mass is 10.1. The Bertz CT molecular complexity index is 519. The summed E-state index contributed by atoms with van der Waals surface area (Å²) >= 11 is 0. The molecule has 0 unspecified atom stereocenters. The zero-order valence-electron chi connectivity index (χ0n) is 14.7. The van der Waals surface area contributed by atoms with E-state index in [9.17, 15) is 4.79 Å². The Balaban J connectivity index is 1.95. The van der Waals surface area contributed by atoms with Gasteiger partial charge in [0.15, 0.2) is 0 Å². The maximum absolute atomic E-state index is 12.8. The molecule has 1 aromatic heterocycles. The predicted octanol–water partition coefficient (Wildman–Crippen LogP) is 1.88. The van der Waals surface area contributed by atoms with Gasteiger partial charge in [-0.15, -0.1) is 0 Å². The number of hydrogen-bond donors (Lipinski definition) is 1. The van der Waals surface area contributed by atoms with Gasteiger partial charge in [0.1, 0.15) is 0 Å². The molecule has 1 saturated heterocycles. The van der Waals surface area contributed by atoms with Crippen molar-refractivity contribution in [2.45, 2.75) is 59.1 Å². The molecule has 2 rings (SSSR count). The Kier molecular flexibility index (Phi) is 6.59. The number of rotatable bonds is 7. The van der Waals surface area contributed by atoms with E-state index in [4.69, 9.17) is 10.5 Å². The van der Waals surface area contributed by atoms with Crippen LogP contribution in [0.5, 0.6) is 0 Å². The van der Waals surface area contributed by atoms with E-state index in [-0.39, 0.29) is 12.0 Å². The van der Waals surface area contributed by atoms with Gasteiger partial charge in [0.05, 0.1) is 17.4 Å². The highest BCUT2D eigenvalue weighted by molar-refractivity contribution is 5.96. The molecular weight excluding hydrogens is 292 g/mol. The van der Waals surface area contributed by atoms with E-state index >= 15 is 0 Å². The third-order valence-corrected chi connectivity index (χ3v) is 4.46. The van der Waals surface area contributed by atoms with Crippen molar-refractivity contribution in [1.29, 1.82) is 0 Å². The average Bonchev–Trinajstić information content (AvgIpc) is 2.82. The first-order chi connectivity index (χ1) is 11.1. The average molecular weight is 322 g/mol. The highest BCUT2D eigenvalue weighted by Gasteiger charge is 2.27. The van der Waals surface area contributed by atoms with Crippen LogP contribution in [-0.2, 0) is 11.3 Å². The van der Waals surface area contributed by atoms with E-state index in [1.807, 2.05) is 23.4 Å². The van der Waals surface area contributed by atoms with Gasteiger partial charge in [0.2, 0.25) is 0 Å². The quantitative estimate of drug-likeness (QED) is 0.778. The van der Waals surface area contributed by atoms with Crippen LogP contribution in [0.25, 0.3) is 0 Å². The third-order valence-electron chi connectivity index (χ3n) is 4.46. The van der Waals surface area contributed by atoms with Crippen molar-refractivity contribution in [1.82, 2.24) is 14.7 Å². The molecule has 1 aliphatic heterocycles. The number of nitrogens with two attached hydrogens (primary N) is 1. The van der Waals surface area contributed by atoms with E-state index in [1.54, 1.807) is 0 Å². The van der Waals surface area contributed by atoms with E-state index in [1.165, 1.54) is 0 Å². The van der Waals surface area contributed by atoms with Gasteiger partial charge in [-0.1, -0.05) is 6.92 Å². The summed E-state index contributed by atoms with van der Waals surface area (Å²) in [6.07, 6.45) is 3.97. The van der Waals surface area contributed by atoms with Gasteiger partial charge in [0, 0.05) is 31.9 Å². The largest absolute Gasteiger partial charge is 0.378 e. The molecule has 6 nitrogen and oxygen atoms in total. The number of aromatic nitrogens is 2. The second-order valence-electron chi connectivity index (χ2n) is 6.27. The molecule has 6 heteroatoms. The van der Waals surface area contributed by atoms with Gasteiger partial charge in [-0.2, -0.15) is 5.10 Å². The molecule has 130 valence electrons. The first-order valence-electron chi connectivity index (χ1n) is 8.73. The van der Waals surface area contributed by atoms with E-state index < -0.39 is 0 Å². The Morgan fingerprint density at radius 1 is 1.35 bits per heavy atom. The number of carbonyl (C=O) groups is 1. The molecule has 23 heavy (non-hydrogen) atoms. The summed E-state index contributed by atoms with van der Waals surface area (Å²) in [6, 6.07) is 0. The molecular formula is C17H30N4O2.